The number of rotatable bonds is 0. The maximum atomic E-state index is 8.49. The Balaban J connectivity index is -0.0000000910. The van der Waals surface area contributed by atoms with Crippen LogP contribution in [0.5, 0.6) is 0 Å². The van der Waals surface area contributed by atoms with Crippen molar-refractivity contribution < 1.29 is 56.3 Å². The van der Waals surface area contributed by atoms with E-state index < -0.39 is 15.3 Å². The van der Waals surface area contributed by atoms with Crippen LogP contribution < -0.4 is 18.6 Å². The molecule has 0 aromatic carbocycles. The molecule has 8 nitrogen and oxygen atoms in total. The van der Waals surface area contributed by atoms with Gasteiger partial charge in [0.1, 0.15) is 0 Å². The molecular formula is AgClNO7-2. The first kappa shape index (κ1) is 16.6. The van der Waals surface area contributed by atoms with Crippen molar-refractivity contribution in [2.24, 2.45) is 0 Å². The van der Waals surface area contributed by atoms with Crippen LogP contribution in [0.3, 0.4) is 0 Å². The first-order chi connectivity index (χ1) is 3.73. The second-order valence-corrected chi connectivity index (χ2v) is 1.36. The molecule has 0 aromatic heterocycles. The largest absolute Gasteiger partial charge is 0.356 e. The van der Waals surface area contributed by atoms with Gasteiger partial charge in [-0.25, -0.2) is 18.6 Å². The van der Waals surface area contributed by atoms with E-state index in [9.17, 15) is 0 Å². The number of hydrogen-bond donors (Lipinski definition) is 0. The van der Waals surface area contributed by atoms with Crippen LogP contribution in [0, 0.1) is 25.6 Å². The second-order valence-electron chi connectivity index (χ2n) is 0.602. The summed E-state index contributed by atoms with van der Waals surface area (Å²) in [4.78, 5) is 8.25. The van der Waals surface area contributed by atoms with Crippen LogP contribution in [0.25, 0.3) is 0 Å². The molecular weight excluding hydrogens is 269 g/mol. The maximum absolute atomic E-state index is 8.49. The summed E-state index contributed by atoms with van der Waals surface area (Å²) in [5, 5.41) is 14.8. The van der Waals surface area contributed by atoms with E-state index in [1.54, 1.807) is 0 Å². The Bertz CT molecular complexity index is 76.1. The molecule has 10 heteroatoms. The number of halogens is 1. The van der Waals surface area contributed by atoms with Crippen molar-refractivity contribution >= 4 is 0 Å². The minimum absolute atomic E-state index is 0. The van der Waals surface area contributed by atoms with Gasteiger partial charge in [-0.3, -0.25) is 0 Å². The quantitative estimate of drug-likeness (QED) is 0.242. The van der Waals surface area contributed by atoms with E-state index in [1.807, 2.05) is 0 Å². The molecule has 67 valence electrons. The zero-order valence-corrected chi connectivity index (χ0v) is 6.22. The maximum Gasteiger partial charge on any atom is 0.0689 e. The normalized spacial score (nSPS) is 8.40. The van der Waals surface area contributed by atoms with E-state index in [-0.39, 0.29) is 22.4 Å². The van der Waals surface area contributed by atoms with Crippen molar-refractivity contribution in [2.75, 3.05) is 0 Å². The fraction of sp³-hybridized carbons (Fsp3) is 0. The smallest absolute Gasteiger partial charge is 0.0689 e. The van der Waals surface area contributed by atoms with Gasteiger partial charge in [0.15, 0.2) is 0 Å². The fourth-order valence-electron chi connectivity index (χ4n) is 0. The van der Waals surface area contributed by atoms with Crippen LogP contribution in [0.4, 0.5) is 0 Å². The average molecular weight is 269 g/mol. The molecule has 0 aromatic rings. The molecule has 0 atom stereocenters. The molecule has 0 N–H and O–H groups in total. The molecule has 0 rings (SSSR count). The summed E-state index contributed by atoms with van der Waals surface area (Å²) in [6, 6.07) is 0. The molecule has 0 heterocycles. The molecule has 0 fully saturated rings. The van der Waals surface area contributed by atoms with Gasteiger partial charge in [-0.15, -0.1) is 10.2 Å². The molecule has 0 saturated heterocycles. The predicted molar refractivity (Wildman–Crippen MR) is 10.4 cm³/mol. The Hall–Kier alpha value is 0.0703. The van der Waals surface area contributed by atoms with Crippen LogP contribution in [0.15, 0.2) is 0 Å². The van der Waals surface area contributed by atoms with E-state index in [4.69, 9.17) is 34.0 Å². The summed E-state index contributed by atoms with van der Waals surface area (Å²) >= 11 is 0. The van der Waals surface area contributed by atoms with Gasteiger partial charge in [0.25, 0.3) is 0 Å². The fourth-order valence-corrected chi connectivity index (χ4v) is 0. The van der Waals surface area contributed by atoms with E-state index >= 15 is 0 Å². The van der Waals surface area contributed by atoms with Gasteiger partial charge < -0.3 is 15.3 Å². The summed E-state index contributed by atoms with van der Waals surface area (Å²) in [6.07, 6.45) is 0. The molecule has 0 aliphatic heterocycles. The molecule has 1 radical (unpaired) electrons. The monoisotopic (exact) mass is 268 g/mol. The Morgan fingerprint density at radius 1 is 1.00 bits per heavy atom. The Morgan fingerprint density at radius 2 is 1.00 bits per heavy atom. The van der Waals surface area contributed by atoms with Gasteiger partial charge >= 0.3 is 0 Å². The van der Waals surface area contributed by atoms with Gasteiger partial charge in [-0.05, 0) is 0 Å². The third-order valence-corrected chi connectivity index (χ3v) is 0. The van der Waals surface area contributed by atoms with Gasteiger partial charge in [0, 0.05) is 22.4 Å². The molecule has 0 spiro atoms. The topological polar surface area (TPSA) is 158 Å². The minimum atomic E-state index is -4.94. The first-order valence-electron chi connectivity index (χ1n) is 1.16. The summed E-state index contributed by atoms with van der Waals surface area (Å²) < 4.78 is 34.0. The van der Waals surface area contributed by atoms with E-state index in [1.165, 1.54) is 0 Å². The SMILES string of the molecule is O=[N+]([O-])[O-].[Ag].[O-][Cl+3]([O-])([O-])[O-]. The van der Waals surface area contributed by atoms with Crippen molar-refractivity contribution in [2.45, 2.75) is 0 Å². The van der Waals surface area contributed by atoms with E-state index in [0.717, 1.165) is 0 Å². The summed E-state index contributed by atoms with van der Waals surface area (Å²) in [5.74, 6) is 0. The minimum Gasteiger partial charge on any atom is -0.356 e. The van der Waals surface area contributed by atoms with Gasteiger partial charge in [0.2, 0.25) is 0 Å². The van der Waals surface area contributed by atoms with Crippen LogP contribution in [-0.4, -0.2) is 5.09 Å². The average Bonchev–Trinajstić information content (AvgIpc) is 1.19. The molecule has 10 heavy (non-hydrogen) atoms. The van der Waals surface area contributed by atoms with Gasteiger partial charge in [-0.1, -0.05) is 0 Å². The van der Waals surface area contributed by atoms with Crippen molar-refractivity contribution in [1.82, 2.24) is 0 Å². The number of hydrogen-bond acceptors (Lipinski definition) is 7. The summed E-state index contributed by atoms with van der Waals surface area (Å²) in [5.41, 5.74) is 0. The molecule has 0 bridgehead atoms. The zero-order valence-electron chi connectivity index (χ0n) is 3.98. The van der Waals surface area contributed by atoms with Crippen LogP contribution >= 0.6 is 0 Å². The van der Waals surface area contributed by atoms with Crippen molar-refractivity contribution in [3.63, 3.8) is 0 Å². The van der Waals surface area contributed by atoms with Crippen LogP contribution in [0.2, 0.25) is 0 Å². The molecule has 0 aliphatic carbocycles. The van der Waals surface area contributed by atoms with Crippen LogP contribution in [-0.2, 0) is 22.4 Å². The predicted octanol–water partition coefficient (Wildman–Crippen LogP) is -5.00. The summed E-state index contributed by atoms with van der Waals surface area (Å²) in [7, 11) is -4.94. The van der Waals surface area contributed by atoms with Crippen LogP contribution in [0.1, 0.15) is 0 Å². The van der Waals surface area contributed by atoms with Crippen molar-refractivity contribution in [3.05, 3.63) is 15.3 Å². The molecule has 0 saturated carbocycles. The molecule has 0 unspecified atom stereocenters. The molecule has 0 aliphatic rings. The Kier molecular flexibility index (Phi) is 11.9. The second kappa shape index (κ2) is 7.18. The van der Waals surface area contributed by atoms with Crippen molar-refractivity contribution in [1.29, 1.82) is 0 Å². The third-order valence-electron chi connectivity index (χ3n) is 0. The van der Waals surface area contributed by atoms with Gasteiger partial charge in [-0.2, -0.15) is 0 Å². The Morgan fingerprint density at radius 3 is 1.00 bits per heavy atom. The number of nitrogens with zero attached hydrogens (tertiary/aromatic N) is 1. The third kappa shape index (κ3) is 81700. The molecule has 0 amide bonds. The summed E-state index contributed by atoms with van der Waals surface area (Å²) in [6.45, 7) is 0. The standard InChI is InChI=1S/Ag.ClHO4.NO3/c;2-1(3,4)5;2-1(3)4/h;(H,2,3,4,5);/q;;-1/p-1. The van der Waals surface area contributed by atoms with E-state index in [0.29, 0.717) is 0 Å². The Labute approximate surface area is 72.1 Å². The first-order valence-corrected chi connectivity index (χ1v) is 2.40. The van der Waals surface area contributed by atoms with E-state index in [2.05, 4.69) is 0 Å². The van der Waals surface area contributed by atoms with Gasteiger partial charge in [0.05, 0.1) is 5.09 Å². The van der Waals surface area contributed by atoms with Crippen molar-refractivity contribution in [3.8, 4) is 0 Å². The zero-order chi connectivity index (χ0) is 8.08.